The summed E-state index contributed by atoms with van der Waals surface area (Å²) in [5.41, 5.74) is 0.273. The molecule has 5 rings (SSSR count). The fourth-order valence-electron chi connectivity index (χ4n) is 4.91. The molecule has 214 valence electrons. The Balaban J connectivity index is 1.37. The van der Waals surface area contributed by atoms with Crippen molar-refractivity contribution in [3.8, 4) is 0 Å². The van der Waals surface area contributed by atoms with Gasteiger partial charge in [-0.15, -0.1) is 10.2 Å². The number of nitrogens with one attached hydrogen (secondary N) is 2. The van der Waals surface area contributed by atoms with E-state index in [0.717, 1.165) is 25.7 Å². The summed E-state index contributed by atoms with van der Waals surface area (Å²) in [5.74, 6) is 0.478. The molecule has 1 unspecified atom stereocenters. The third kappa shape index (κ3) is 5.64. The molecule has 3 aromatic heterocycles. The average Bonchev–Trinajstić information content (AvgIpc) is 3.68. The Bertz CT molecular complexity index is 1320. The predicted molar refractivity (Wildman–Crippen MR) is 133 cm³/mol. The van der Waals surface area contributed by atoms with Crippen molar-refractivity contribution in [2.45, 2.75) is 68.0 Å². The van der Waals surface area contributed by atoms with Gasteiger partial charge in [-0.2, -0.15) is 20.3 Å². The van der Waals surface area contributed by atoms with Crippen LogP contribution in [0.4, 0.5) is 5.82 Å². The SMILES string of the molecule is COCC(Cc1nn[nH]n1)(OC[C@H]1O[C@@H](n2ncc3c(NC4CCCC4)nc(Cl)nc32)[C@H](O)[C@@H]1O)P(=O)(O)O. The molecule has 5 atom stereocenters. The summed E-state index contributed by atoms with van der Waals surface area (Å²) in [5, 5.41) is 40.7. The van der Waals surface area contributed by atoms with Crippen LogP contribution in [0.1, 0.15) is 37.7 Å². The van der Waals surface area contributed by atoms with E-state index >= 15 is 0 Å². The van der Waals surface area contributed by atoms with Gasteiger partial charge < -0.3 is 39.5 Å². The van der Waals surface area contributed by atoms with Crippen molar-refractivity contribution < 1.29 is 38.8 Å². The summed E-state index contributed by atoms with van der Waals surface area (Å²) < 4.78 is 30.4. The lowest BCUT2D eigenvalue weighted by molar-refractivity contribution is -0.113. The van der Waals surface area contributed by atoms with Gasteiger partial charge in [-0.1, -0.05) is 18.1 Å². The first-order valence-corrected chi connectivity index (χ1v) is 14.2. The minimum absolute atomic E-state index is 0.0252. The van der Waals surface area contributed by atoms with Crippen LogP contribution in [-0.2, 0) is 25.2 Å². The summed E-state index contributed by atoms with van der Waals surface area (Å²) in [6.45, 7) is -1.05. The highest BCUT2D eigenvalue weighted by Gasteiger charge is 2.52. The summed E-state index contributed by atoms with van der Waals surface area (Å²) >= 11 is 6.19. The van der Waals surface area contributed by atoms with Gasteiger partial charge in [0, 0.05) is 13.2 Å². The highest BCUT2D eigenvalue weighted by molar-refractivity contribution is 7.53. The summed E-state index contributed by atoms with van der Waals surface area (Å²) in [6, 6.07) is 0.244. The molecule has 6 N–H and O–H groups in total. The molecule has 1 saturated heterocycles. The molecule has 1 aliphatic carbocycles. The number of halogens is 1. The fraction of sp³-hybridized carbons (Fsp3) is 0.700. The number of fused-ring (bicyclic) bond motifs is 1. The molecule has 2 fully saturated rings. The van der Waals surface area contributed by atoms with Gasteiger partial charge in [-0.3, -0.25) is 4.57 Å². The lowest BCUT2D eigenvalue weighted by atomic mass is 10.1. The van der Waals surface area contributed by atoms with Gasteiger partial charge in [0.2, 0.25) is 5.28 Å². The molecule has 0 amide bonds. The molecule has 19 heteroatoms. The van der Waals surface area contributed by atoms with Crippen LogP contribution in [0.15, 0.2) is 6.20 Å². The van der Waals surface area contributed by atoms with Crippen molar-refractivity contribution in [3.05, 3.63) is 17.3 Å². The Kier molecular flexibility index (Phi) is 8.15. The van der Waals surface area contributed by atoms with E-state index in [-0.39, 0.29) is 22.8 Å². The first-order chi connectivity index (χ1) is 18.6. The van der Waals surface area contributed by atoms with Crippen molar-refractivity contribution in [3.63, 3.8) is 0 Å². The van der Waals surface area contributed by atoms with Crippen LogP contribution >= 0.6 is 19.2 Å². The first-order valence-electron chi connectivity index (χ1n) is 12.2. The van der Waals surface area contributed by atoms with E-state index in [2.05, 4.69) is 41.0 Å². The summed E-state index contributed by atoms with van der Waals surface area (Å²) in [7, 11) is -3.75. The predicted octanol–water partition coefficient (Wildman–Crippen LogP) is -0.254. The summed E-state index contributed by atoms with van der Waals surface area (Å²) in [4.78, 5) is 28.8. The van der Waals surface area contributed by atoms with E-state index in [1.165, 1.54) is 18.0 Å². The van der Waals surface area contributed by atoms with Gasteiger partial charge in [-0.05, 0) is 24.4 Å². The maximum absolute atomic E-state index is 12.5. The van der Waals surface area contributed by atoms with Gasteiger partial charge >= 0.3 is 7.60 Å². The Morgan fingerprint density at radius 3 is 2.72 bits per heavy atom. The van der Waals surface area contributed by atoms with Crippen molar-refractivity contribution in [2.75, 3.05) is 25.6 Å². The average molecular weight is 590 g/mol. The highest BCUT2D eigenvalue weighted by Crippen LogP contribution is 2.53. The number of rotatable bonds is 11. The van der Waals surface area contributed by atoms with Crippen molar-refractivity contribution in [1.82, 2.24) is 40.4 Å². The molecule has 0 aromatic carbocycles. The zero-order chi connectivity index (χ0) is 27.8. The highest BCUT2D eigenvalue weighted by atomic mass is 35.5. The molecule has 1 aliphatic heterocycles. The monoisotopic (exact) mass is 589 g/mol. The van der Waals surface area contributed by atoms with Gasteiger partial charge in [-0.25, -0.2) is 4.68 Å². The topological polar surface area (TPSA) is 236 Å². The van der Waals surface area contributed by atoms with E-state index in [0.29, 0.717) is 11.2 Å². The van der Waals surface area contributed by atoms with Crippen LogP contribution in [0.2, 0.25) is 5.28 Å². The molecule has 0 spiro atoms. The quantitative estimate of drug-likeness (QED) is 0.125. The number of ether oxygens (including phenoxy) is 3. The van der Waals surface area contributed by atoms with Crippen LogP contribution in [0.5, 0.6) is 0 Å². The van der Waals surface area contributed by atoms with E-state index in [9.17, 15) is 24.6 Å². The van der Waals surface area contributed by atoms with Crippen LogP contribution in [-0.4, -0.2) is 110 Å². The maximum atomic E-state index is 12.5. The number of nitrogens with zero attached hydrogens (tertiary/aromatic N) is 7. The molecule has 0 bridgehead atoms. The Labute approximate surface area is 226 Å². The third-order valence-electron chi connectivity index (χ3n) is 6.94. The number of aromatic amines is 1. The van der Waals surface area contributed by atoms with E-state index in [1.54, 1.807) is 0 Å². The molecule has 1 saturated carbocycles. The lowest BCUT2D eigenvalue weighted by Crippen LogP contribution is -2.44. The second-order valence-corrected chi connectivity index (χ2v) is 11.8. The number of aliphatic hydroxyl groups excluding tert-OH is 2. The van der Waals surface area contributed by atoms with Crippen molar-refractivity contribution in [2.24, 2.45) is 0 Å². The number of H-pyrrole nitrogens is 1. The van der Waals surface area contributed by atoms with Crippen molar-refractivity contribution in [1.29, 1.82) is 0 Å². The number of methoxy groups -OCH3 is 1. The van der Waals surface area contributed by atoms with Crippen LogP contribution in [0.3, 0.4) is 0 Å². The van der Waals surface area contributed by atoms with Gasteiger partial charge in [0.15, 0.2) is 23.0 Å². The molecular weight excluding hydrogens is 561 g/mol. The first kappa shape index (κ1) is 28.2. The number of anilines is 1. The molecule has 3 aromatic rings. The molecular formula is C20H29ClN9O8P. The smallest absolute Gasteiger partial charge is 0.359 e. The number of hydrogen-bond acceptors (Lipinski definition) is 13. The third-order valence-corrected chi connectivity index (χ3v) is 8.59. The fourth-order valence-corrected chi connectivity index (χ4v) is 5.96. The Hall–Kier alpha value is -2.34. The van der Waals surface area contributed by atoms with Crippen LogP contribution < -0.4 is 5.32 Å². The zero-order valence-corrected chi connectivity index (χ0v) is 22.4. The largest absolute Gasteiger partial charge is 0.387 e. The molecule has 2 aliphatic rings. The van der Waals surface area contributed by atoms with Crippen LogP contribution in [0, 0.1) is 0 Å². The Morgan fingerprint density at radius 1 is 1.28 bits per heavy atom. The number of aromatic nitrogens is 8. The molecule has 17 nitrogen and oxygen atoms in total. The van der Waals surface area contributed by atoms with E-state index < -0.39 is 57.1 Å². The minimum atomic E-state index is -5.00. The lowest BCUT2D eigenvalue weighted by Gasteiger charge is -2.33. The summed E-state index contributed by atoms with van der Waals surface area (Å²) in [6.07, 6.45) is -0.0925. The van der Waals surface area contributed by atoms with Gasteiger partial charge in [0.1, 0.15) is 24.1 Å². The minimum Gasteiger partial charge on any atom is -0.387 e. The second kappa shape index (κ2) is 11.3. The number of hydrogen-bond donors (Lipinski definition) is 6. The standard InChI is InChI=1S/C20H29ClN9O8P/c1-36-9-20(39(33,34)35,6-13-26-28-29-27-13)37-8-12-14(31)15(32)18(38-12)30-17-11(7-22-30)16(24-19(21)25-17)23-10-4-2-3-5-10/h7,10,12,14-15,18,31-32H,2-6,8-9H2,1H3,(H,23,24,25)(H2,33,34,35)(H,26,27,28,29)/t12-,14-,15-,18-,20?/m1/s1. The van der Waals surface area contributed by atoms with E-state index in [1.807, 2.05) is 0 Å². The van der Waals surface area contributed by atoms with Crippen molar-refractivity contribution >= 4 is 36.0 Å². The molecule has 4 heterocycles. The maximum Gasteiger partial charge on any atom is 0.359 e. The zero-order valence-electron chi connectivity index (χ0n) is 20.8. The van der Waals surface area contributed by atoms with Gasteiger partial charge in [0.05, 0.1) is 31.2 Å². The number of tetrazole rings is 1. The second-order valence-electron chi connectivity index (χ2n) is 9.58. The van der Waals surface area contributed by atoms with Crippen LogP contribution in [0.25, 0.3) is 11.0 Å². The van der Waals surface area contributed by atoms with Gasteiger partial charge in [0.25, 0.3) is 0 Å². The van der Waals surface area contributed by atoms with E-state index in [4.69, 9.17) is 25.8 Å². The molecule has 39 heavy (non-hydrogen) atoms. The normalized spacial score (nSPS) is 25.9. The Morgan fingerprint density at radius 2 is 2.05 bits per heavy atom. The number of aliphatic hydroxyl groups is 2. The molecule has 0 radical (unpaired) electrons.